The molecular formula is C21H36N4S. The minimum Gasteiger partial charge on any atom is -0.357 e. The Morgan fingerprint density at radius 1 is 1.27 bits per heavy atom. The summed E-state index contributed by atoms with van der Waals surface area (Å²) in [5.41, 5.74) is 2.85. The second-order valence-corrected chi connectivity index (χ2v) is 9.29. The summed E-state index contributed by atoms with van der Waals surface area (Å²) >= 11 is 1.87. The van der Waals surface area contributed by atoms with Crippen LogP contribution in [0.1, 0.15) is 44.7 Å². The Hall–Kier alpha value is -1.20. The predicted molar refractivity (Wildman–Crippen MR) is 116 cm³/mol. The Morgan fingerprint density at radius 3 is 2.58 bits per heavy atom. The van der Waals surface area contributed by atoms with Crippen molar-refractivity contribution in [3.63, 3.8) is 0 Å². The van der Waals surface area contributed by atoms with Crippen LogP contribution in [0.3, 0.4) is 0 Å². The van der Waals surface area contributed by atoms with Crippen molar-refractivity contribution in [2.24, 2.45) is 4.99 Å². The third kappa shape index (κ3) is 6.84. The van der Waals surface area contributed by atoms with Crippen molar-refractivity contribution in [3.05, 3.63) is 35.4 Å². The number of hydrogen-bond donors (Lipinski definition) is 2. The third-order valence-electron chi connectivity index (χ3n) is 5.10. The number of nitrogens with one attached hydrogen (secondary N) is 2. The largest absolute Gasteiger partial charge is 0.357 e. The quantitative estimate of drug-likeness (QED) is 0.563. The maximum atomic E-state index is 4.81. The first kappa shape index (κ1) is 21.1. The smallest absolute Gasteiger partial charge is 0.191 e. The molecule has 0 bridgehead atoms. The highest BCUT2D eigenvalue weighted by molar-refractivity contribution is 7.99. The molecule has 2 rings (SSSR count). The lowest BCUT2D eigenvalue weighted by atomic mass is 10.0. The van der Waals surface area contributed by atoms with Crippen molar-refractivity contribution in [1.82, 2.24) is 15.5 Å². The van der Waals surface area contributed by atoms with E-state index in [2.05, 4.69) is 73.7 Å². The van der Waals surface area contributed by atoms with Crippen LogP contribution in [-0.2, 0) is 6.54 Å². The molecule has 1 aliphatic rings. The van der Waals surface area contributed by atoms with Crippen LogP contribution in [0.25, 0.3) is 0 Å². The molecule has 0 radical (unpaired) electrons. The summed E-state index contributed by atoms with van der Waals surface area (Å²) in [6, 6.07) is 9.24. The monoisotopic (exact) mass is 376 g/mol. The maximum absolute atomic E-state index is 4.81. The van der Waals surface area contributed by atoms with Crippen LogP contribution in [0.5, 0.6) is 0 Å². The van der Waals surface area contributed by atoms with Crippen molar-refractivity contribution in [1.29, 1.82) is 0 Å². The molecule has 0 atom stereocenters. The highest BCUT2D eigenvalue weighted by Gasteiger charge is 2.21. The van der Waals surface area contributed by atoms with E-state index >= 15 is 0 Å². The van der Waals surface area contributed by atoms with Gasteiger partial charge in [0.2, 0.25) is 0 Å². The first-order valence-corrected chi connectivity index (χ1v) is 11.0. The topological polar surface area (TPSA) is 39.7 Å². The van der Waals surface area contributed by atoms with Gasteiger partial charge in [-0.1, -0.05) is 24.3 Å². The number of aryl methyl sites for hydroxylation is 1. The standard InChI is InChI=1S/C21H36N4S/c1-6-22-20(23-16-21(3,4)26-5)24-19-11-13-25(14-12-19)15-18-10-8-7-9-17(18)2/h7-10,19H,6,11-16H2,1-5H3,(H2,22,23,24). The Bertz CT molecular complexity index is 577. The summed E-state index contributed by atoms with van der Waals surface area (Å²) < 4.78 is 0.180. The lowest BCUT2D eigenvalue weighted by Crippen LogP contribution is -2.48. The molecule has 0 aliphatic carbocycles. The van der Waals surface area contributed by atoms with Crippen molar-refractivity contribution >= 4 is 17.7 Å². The average Bonchev–Trinajstić information content (AvgIpc) is 2.63. The highest BCUT2D eigenvalue weighted by atomic mass is 32.2. The first-order chi connectivity index (χ1) is 12.4. The predicted octanol–water partition coefficient (Wildman–Crippen LogP) is 3.66. The lowest BCUT2D eigenvalue weighted by Gasteiger charge is -2.33. The van der Waals surface area contributed by atoms with Crippen LogP contribution in [0, 0.1) is 6.92 Å². The summed E-state index contributed by atoms with van der Waals surface area (Å²) in [6.45, 7) is 13.9. The van der Waals surface area contributed by atoms with E-state index < -0.39 is 0 Å². The number of benzene rings is 1. The van der Waals surface area contributed by atoms with Crippen molar-refractivity contribution in [2.45, 2.75) is 57.9 Å². The number of likely N-dealkylation sites (tertiary alicyclic amines) is 1. The van der Waals surface area contributed by atoms with Crippen molar-refractivity contribution in [3.8, 4) is 0 Å². The van der Waals surface area contributed by atoms with Crippen LogP contribution in [0.2, 0.25) is 0 Å². The first-order valence-electron chi connectivity index (χ1n) is 9.80. The van der Waals surface area contributed by atoms with Gasteiger partial charge in [-0.15, -0.1) is 0 Å². The summed E-state index contributed by atoms with van der Waals surface area (Å²) in [7, 11) is 0. The van der Waals surface area contributed by atoms with Gasteiger partial charge < -0.3 is 10.6 Å². The van der Waals surface area contributed by atoms with E-state index in [1.54, 1.807) is 0 Å². The summed E-state index contributed by atoms with van der Waals surface area (Å²) in [5.74, 6) is 0.965. The third-order valence-corrected chi connectivity index (χ3v) is 6.33. The van der Waals surface area contributed by atoms with Gasteiger partial charge in [0.15, 0.2) is 5.96 Å². The van der Waals surface area contributed by atoms with Gasteiger partial charge in [-0.25, -0.2) is 0 Å². The minimum absolute atomic E-state index is 0.180. The zero-order valence-electron chi connectivity index (χ0n) is 17.1. The molecule has 1 aliphatic heterocycles. The fraction of sp³-hybridized carbons (Fsp3) is 0.667. The van der Waals surface area contributed by atoms with Gasteiger partial charge in [0, 0.05) is 37.0 Å². The molecule has 146 valence electrons. The lowest BCUT2D eigenvalue weighted by molar-refractivity contribution is 0.198. The zero-order valence-corrected chi connectivity index (χ0v) is 18.0. The summed E-state index contributed by atoms with van der Waals surface area (Å²) in [6.07, 6.45) is 4.49. The number of rotatable bonds is 7. The fourth-order valence-corrected chi connectivity index (χ4v) is 3.30. The number of nitrogens with zero attached hydrogens (tertiary/aromatic N) is 2. The maximum Gasteiger partial charge on any atom is 0.191 e. The molecule has 1 fully saturated rings. The SMILES string of the molecule is CCNC(=NCC(C)(C)SC)NC1CCN(Cc2ccccc2C)CC1. The number of guanidine groups is 1. The molecule has 0 spiro atoms. The number of aliphatic imine (C=N–C) groups is 1. The van der Waals surface area contributed by atoms with E-state index in [4.69, 9.17) is 4.99 Å². The molecule has 1 saturated heterocycles. The van der Waals surface area contributed by atoms with Gasteiger partial charge in [0.05, 0.1) is 6.54 Å². The average molecular weight is 377 g/mol. The van der Waals surface area contributed by atoms with Gasteiger partial charge in [-0.3, -0.25) is 9.89 Å². The van der Waals surface area contributed by atoms with E-state index in [0.717, 1.165) is 38.7 Å². The van der Waals surface area contributed by atoms with E-state index in [0.29, 0.717) is 6.04 Å². The normalized spacial score (nSPS) is 17.3. The van der Waals surface area contributed by atoms with Crippen LogP contribution in [0.15, 0.2) is 29.3 Å². The molecule has 1 aromatic carbocycles. The van der Waals surface area contributed by atoms with E-state index in [1.165, 1.54) is 24.0 Å². The van der Waals surface area contributed by atoms with Crippen molar-refractivity contribution < 1.29 is 0 Å². The van der Waals surface area contributed by atoms with Gasteiger partial charge in [0.25, 0.3) is 0 Å². The summed E-state index contributed by atoms with van der Waals surface area (Å²) in [5, 5.41) is 7.05. The van der Waals surface area contributed by atoms with Crippen molar-refractivity contribution in [2.75, 3.05) is 32.4 Å². The van der Waals surface area contributed by atoms with Crippen LogP contribution in [0.4, 0.5) is 0 Å². The van der Waals surface area contributed by atoms with Gasteiger partial charge >= 0.3 is 0 Å². The minimum atomic E-state index is 0.180. The molecule has 26 heavy (non-hydrogen) atoms. The molecule has 0 unspecified atom stereocenters. The number of piperidine rings is 1. The second-order valence-electron chi connectivity index (χ2n) is 7.78. The van der Waals surface area contributed by atoms with E-state index in [1.807, 2.05) is 11.8 Å². The van der Waals surface area contributed by atoms with Gasteiger partial charge in [0.1, 0.15) is 0 Å². The molecule has 1 aromatic rings. The number of thioether (sulfide) groups is 1. The van der Waals surface area contributed by atoms with Crippen LogP contribution in [-0.4, -0.2) is 54.1 Å². The molecule has 0 aromatic heterocycles. The summed E-state index contributed by atoms with van der Waals surface area (Å²) in [4.78, 5) is 7.38. The fourth-order valence-electron chi connectivity index (χ4n) is 3.11. The van der Waals surface area contributed by atoms with E-state index in [9.17, 15) is 0 Å². The Labute approximate surface area is 164 Å². The Morgan fingerprint density at radius 2 is 1.96 bits per heavy atom. The van der Waals surface area contributed by atoms with Crippen LogP contribution < -0.4 is 10.6 Å². The number of hydrogen-bond acceptors (Lipinski definition) is 3. The molecule has 1 heterocycles. The molecule has 4 nitrogen and oxygen atoms in total. The van der Waals surface area contributed by atoms with Crippen LogP contribution >= 0.6 is 11.8 Å². The molecular weight excluding hydrogens is 340 g/mol. The Balaban J connectivity index is 1.84. The van der Waals surface area contributed by atoms with Gasteiger partial charge in [-0.2, -0.15) is 11.8 Å². The molecule has 0 saturated carbocycles. The highest BCUT2D eigenvalue weighted by Crippen LogP contribution is 2.21. The zero-order chi connectivity index (χ0) is 19.0. The Kier molecular flexibility index (Phi) is 8.29. The van der Waals surface area contributed by atoms with Gasteiger partial charge in [-0.05, 0) is 57.9 Å². The van der Waals surface area contributed by atoms with E-state index in [-0.39, 0.29) is 4.75 Å². The molecule has 5 heteroatoms. The second kappa shape index (κ2) is 10.2. The molecule has 2 N–H and O–H groups in total. The molecule has 0 amide bonds.